The molecule has 0 N–H and O–H groups in total. The molecule has 0 radical (unpaired) electrons. The highest BCUT2D eigenvalue weighted by atomic mass is 14.4. The van der Waals surface area contributed by atoms with E-state index in [1.165, 1.54) is 36.8 Å². The molecule has 0 aliphatic heterocycles. The van der Waals surface area contributed by atoms with Crippen LogP contribution in [0.3, 0.4) is 0 Å². The van der Waals surface area contributed by atoms with Gasteiger partial charge in [-0.1, -0.05) is 75.2 Å². The highest BCUT2D eigenvalue weighted by Gasteiger charge is 2.32. The van der Waals surface area contributed by atoms with Gasteiger partial charge in [-0.2, -0.15) is 0 Å². The lowest BCUT2D eigenvalue weighted by molar-refractivity contribution is 0.400. The molecule has 0 aromatic heterocycles. The molecule has 104 valence electrons. The van der Waals surface area contributed by atoms with Crippen LogP contribution in [0.2, 0.25) is 0 Å². The van der Waals surface area contributed by atoms with Gasteiger partial charge in [-0.25, -0.2) is 0 Å². The van der Waals surface area contributed by atoms with Crippen molar-refractivity contribution in [3.63, 3.8) is 0 Å². The summed E-state index contributed by atoms with van der Waals surface area (Å²) in [5.74, 6) is 1.40. The molecule has 0 amide bonds. The summed E-state index contributed by atoms with van der Waals surface area (Å²) in [5, 5.41) is 0. The van der Waals surface area contributed by atoms with Crippen LogP contribution in [0.1, 0.15) is 56.6 Å². The highest BCUT2D eigenvalue weighted by Crippen LogP contribution is 2.49. The van der Waals surface area contributed by atoms with E-state index in [1.54, 1.807) is 11.1 Å². The second kappa shape index (κ2) is 5.83. The van der Waals surface area contributed by atoms with E-state index in [1.807, 2.05) is 0 Å². The molecule has 0 nitrogen and oxygen atoms in total. The van der Waals surface area contributed by atoms with Crippen molar-refractivity contribution >= 4 is 0 Å². The van der Waals surface area contributed by atoms with Gasteiger partial charge in [-0.15, -0.1) is 0 Å². The summed E-state index contributed by atoms with van der Waals surface area (Å²) < 4.78 is 0. The average Bonchev–Trinajstić information content (AvgIpc) is 2.82. The Kier molecular flexibility index (Phi) is 3.91. The third-order valence-corrected chi connectivity index (χ3v) is 4.67. The summed E-state index contributed by atoms with van der Waals surface area (Å²) in [4.78, 5) is 0. The van der Waals surface area contributed by atoms with Crippen molar-refractivity contribution < 1.29 is 0 Å². The van der Waals surface area contributed by atoms with Crippen LogP contribution < -0.4 is 0 Å². The van der Waals surface area contributed by atoms with Crippen LogP contribution in [0.5, 0.6) is 0 Å². The van der Waals surface area contributed by atoms with Crippen molar-refractivity contribution in [2.75, 3.05) is 0 Å². The molecular weight excluding hydrogens is 240 g/mol. The normalized spacial score (nSPS) is 13.6. The molecular formula is C20H24. The second-order valence-electron chi connectivity index (χ2n) is 5.99. The van der Waals surface area contributed by atoms with E-state index in [0.29, 0.717) is 5.92 Å². The maximum Gasteiger partial charge on any atom is 0.0130 e. The molecule has 0 heteroatoms. The lowest BCUT2D eigenvalue weighted by atomic mass is 9.79. The molecule has 1 aliphatic rings. The molecule has 2 aromatic carbocycles. The third-order valence-electron chi connectivity index (χ3n) is 4.67. The van der Waals surface area contributed by atoms with Crippen molar-refractivity contribution in [1.82, 2.24) is 0 Å². The predicted molar refractivity (Wildman–Crippen MR) is 87.0 cm³/mol. The molecule has 0 saturated heterocycles. The zero-order valence-corrected chi connectivity index (χ0v) is 12.6. The van der Waals surface area contributed by atoms with E-state index >= 15 is 0 Å². The van der Waals surface area contributed by atoms with Crippen LogP contribution in [-0.4, -0.2) is 0 Å². The van der Waals surface area contributed by atoms with Crippen LogP contribution in [0.4, 0.5) is 0 Å². The highest BCUT2D eigenvalue weighted by molar-refractivity contribution is 5.78. The van der Waals surface area contributed by atoms with Gasteiger partial charge >= 0.3 is 0 Å². The fraction of sp³-hybridized carbons (Fsp3) is 0.400. The fourth-order valence-electron chi connectivity index (χ4n) is 3.92. The van der Waals surface area contributed by atoms with E-state index < -0.39 is 0 Å². The molecule has 1 aliphatic carbocycles. The van der Waals surface area contributed by atoms with E-state index in [9.17, 15) is 0 Å². The minimum absolute atomic E-state index is 0.613. The lowest BCUT2D eigenvalue weighted by Gasteiger charge is -2.25. The molecule has 2 aromatic rings. The number of fused-ring (bicyclic) bond motifs is 3. The van der Waals surface area contributed by atoms with Crippen LogP contribution in [0, 0.1) is 5.92 Å². The minimum Gasteiger partial charge on any atom is -0.0654 e. The first-order chi connectivity index (χ1) is 9.86. The monoisotopic (exact) mass is 264 g/mol. The predicted octanol–water partition coefficient (Wildman–Crippen LogP) is 6.02. The molecule has 0 spiro atoms. The van der Waals surface area contributed by atoms with Gasteiger partial charge < -0.3 is 0 Å². The number of benzene rings is 2. The standard InChI is InChI=1S/C20H24/c1-3-9-15(10-4-2)20-18-13-7-5-11-16(18)17-12-6-8-14-19(17)20/h5-8,11-15,20H,3-4,9-10H2,1-2H3. The number of rotatable bonds is 5. The largest absolute Gasteiger partial charge is 0.0654 e. The Morgan fingerprint density at radius 3 is 1.65 bits per heavy atom. The Hall–Kier alpha value is -1.56. The first-order valence-corrected chi connectivity index (χ1v) is 8.05. The van der Waals surface area contributed by atoms with Crippen LogP contribution in [-0.2, 0) is 0 Å². The fourth-order valence-corrected chi connectivity index (χ4v) is 3.92. The molecule has 0 atom stereocenters. The van der Waals surface area contributed by atoms with Crippen molar-refractivity contribution in [2.24, 2.45) is 5.92 Å². The van der Waals surface area contributed by atoms with Crippen molar-refractivity contribution in [1.29, 1.82) is 0 Å². The summed E-state index contributed by atoms with van der Waals surface area (Å²) in [6, 6.07) is 18.0. The van der Waals surface area contributed by atoms with Crippen LogP contribution >= 0.6 is 0 Å². The minimum atomic E-state index is 0.613. The van der Waals surface area contributed by atoms with E-state index in [-0.39, 0.29) is 0 Å². The Bertz CT molecular complexity index is 531. The molecule has 0 unspecified atom stereocenters. The summed E-state index contributed by atoms with van der Waals surface area (Å²) in [5.41, 5.74) is 6.04. The van der Waals surface area contributed by atoms with Gasteiger partial charge in [-0.05, 0) is 41.0 Å². The molecule has 0 bridgehead atoms. The van der Waals surface area contributed by atoms with Gasteiger partial charge in [0.05, 0.1) is 0 Å². The van der Waals surface area contributed by atoms with Crippen LogP contribution in [0.15, 0.2) is 48.5 Å². The maximum atomic E-state index is 2.35. The number of hydrogen-bond donors (Lipinski definition) is 0. The Morgan fingerprint density at radius 2 is 1.20 bits per heavy atom. The van der Waals surface area contributed by atoms with Gasteiger partial charge in [0.15, 0.2) is 0 Å². The van der Waals surface area contributed by atoms with Gasteiger partial charge in [0, 0.05) is 5.92 Å². The Balaban J connectivity index is 2.10. The summed E-state index contributed by atoms with van der Waals surface area (Å²) >= 11 is 0. The summed E-state index contributed by atoms with van der Waals surface area (Å²) in [6.07, 6.45) is 5.24. The number of hydrogen-bond acceptors (Lipinski definition) is 0. The van der Waals surface area contributed by atoms with Gasteiger partial charge in [-0.3, -0.25) is 0 Å². The summed E-state index contributed by atoms with van der Waals surface area (Å²) in [7, 11) is 0. The van der Waals surface area contributed by atoms with E-state index in [0.717, 1.165) is 5.92 Å². The topological polar surface area (TPSA) is 0 Å². The zero-order chi connectivity index (χ0) is 13.9. The molecule has 3 rings (SSSR count). The van der Waals surface area contributed by atoms with Crippen molar-refractivity contribution in [3.05, 3.63) is 59.7 Å². The average molecular weight is 264 g/mol. The van der Waals surface area contributed by atoms with E-state index in [4.69, 9.17) is 0 Å². The van der Waals surface area contributed by atoms with Crippen molar-refractivity contribution in [3.8, 4) is 11.1 Å². The molecule has 0 saturated carbocycles. The molecule has 0 fully saturated rings. The summed E-state index contributed by atoms with van der Waals surface area (Å²) in [6.45, 7) is 4.63. The zero-order valence-electron chi connectivity index (χ0n) is 12.6. The van der Waals surface area contributed by atoms with Gasteiger partial charge in [0.25, 0.3) is 0 Å². The van der Waals surface area contributed by atoms with Gasteiger partial charge in [0.1, 0.15) is 0 Å². The lowest BCUT2D eigenvalue weighted by Crippen LogP contribution is -2.12. The van der Waals surface area contributed by atoms with Crippen molar-refractivity contribution in [2.45, 2.75) is 45.4 Å². The van der Waals surface area contributed by atoms with E-state index in [2.05, 4.69) is 62.4 Å². The first kappa shape index (κ1) is 13.4. The molecule has 0 heterocycles. The SMILES string of the molecule is CCCC(CCC)C1c2ccccc2-c2ccccc21. The Labute approximate surface area is 122 Å². The quantitative estimate of drug-likeness (QED) is 0.620. The maximum absolute atomic E-state index is 2.35. The Morgan fingerprint density at radius 1 is 0.750 bits per heavy atom. The second-order valence-corrected chi connectivity index (χ2v) is 5.99. The van der Waals surface area contributed by atoms with Crippen LogP contribution in [0.25, 0.3) is 11.1 Å². The first-order valence-electron chi connectivity index (χ1n) is 8.05. The van der Waals surface area contributed by atoms with Gasteiger partial charge in [0.2, 0.25) is 0 Å². The third kappa shape index (κ3) is 2.18. The smallest absolute Gasteiger partial charge is 0.0130 e. The molecule has 20 heavy (non-hydrogen) atoms.